The predicted molar refractivity (Wildman–Crippen MR) is 35.5 cm³/mol. The van der Waals surface area contributed by atoms with Crippen LogP contribution in [-0.2, 0) is 14.4 Å². The summed E-state index contributed by atoms with van der Waals surface area (Å²) in [4.78, 5) is 14.5. The number of morpholine rings is 1. The van der Waals surface area contributed by atoms with Crippen LogP contribution < -0.4 is 0 Å². The van der Waals surface area contributed by atoms with E-state index in [1.165, 1.54) is 5.06 Å². The molecule has 0 aromatic heterocycles. The van der Waals surface area contributed by atoms with Crippen LogP contribution in [0.1, 0.15) is 0 Å². The van der Waals surface area contributed by atoms with Gasteiger partial charge in [-0.3, -0.25) is 4.79 Å². The second kappa shape index (κ2) is 4.27. The molecule has 1 saturated heterocycles. The number of rotatable bonds is 3. The first-order valence-electron chi connectivity index (χ1n) is 3.44. The van der Waals surface area contributed by atoms with E-state index in [9.17, 15) is 4.79 Å². The summed E-state index contributed by atoms with van der Waals surface area (Å²) >= 11 is 0. The monoisotopic (exact) mass is 161 g/mol. The van der Waals surface area contributed by atoms with E-state index in [-0.39, 0.29) is 12.7 Å². The van der Waals surface area contributed by atoms with Gasteiger partial charge in [-0.2, -0.15) is 0 Å². The van der Waals surface area contributed by atoms with Crippen LogP contribution >= 0.6 is 0 Å². The van der Waals surface area contributed by atoms with Gasteiger partial charge in [-0.05, 0) is 0 Å². The molecule has 0 radical (unpaired) electrons. The molecule has 1 aliphatic rings. The molecule has 64 valence electrons. The van der Waals surface area contributed by atoms with Gasteiger partial charge in [0.05, 0.1) is 32.4 Å². The number of hydrogen-bond acceptors (Lipinski definition) is 5. The molecule has 1 unspecified atom stereocenters. The van der Waals surface area contributed by atoms with Crippen LogP contribution in [0.4, 0.5) is 0 Å². The first kappa shape index (κ1) is 8.45. The smallest absolute Gasteiger partial charge is 0.312 e. The largest absolute Gasteiger partial charge is 0.394 e. The lowest BCUT2D eigenvalue weighted by molar-refractivity contribution is -0.204. The third kappa shape index (κ3) is 2.45. The number of ether oxygens (including phenoxy) is 1. The molecular weight excluding hydrogens is 150 g/mol. The molecule has 1 fully saturated rings. The minimum atomic E-state index is -0.233. The van der Waals surface area contributed by atoms with Gasteiger partial charge in [0.15, 0.2) is 0 Å². The molecule has 1 rings (SSSR count). The number of aliphatic hydroxyl groups is 1. The number of hydroxylamine groups is 2. The molecule has 1 aliphatic heterocycles. The average Bonchev–Trinajstić information content (AvgIpc) is 2.06. The minimum absolute atomic E-state index is 0.0429. The third-order valence-corrected chi connectivity index (χ3v) is 1.50. The van der Waals surface area contributed by atoms with Crippen LogP contribution in [0.25, 0.3) is 0 Å². The fraction of sp³-hybridized carbons (Fsp3) is 0.833. The lowest BCUT2D eigenvalue weighted by atomic mass is 10.3. The van der Waals surface area contributed by atoms with Gasteiger partial charge in [0.2, 0.25) is 0 Å². The number of carbonyl (C=O) groups is 1. The van der Waals surface area contributed by atoms with E-state index in [1.807, 2.05) is 0 Å². The number of carbonyl (C=O) groups excluding carboxylic acids is 1. The molecule has 0 amide bonds. The van der Waals surface area contributed by atoms with Crippen LogP contribution in [0, 0.1) is 0 Å². The van der Waals surface area contributed by atoms with Gasteiger partial charge in [-0.15, -0.1) is 5.06 Å². The zero-order valence-electron chi connectivity index (χ0n) is 6.10. The Morgan fingerprint density at radius 3 is 3.27 bits per heavy atom. The molecule has 0 aromatic carbocycles. The predicted octanol–water partition coefficient (Wildman–Crippen LogP) is -1.23. The maximum atomic E-state index is 9.90. The van der Waals surface area contributed by atoms with Crippen molar-refractivity contribution in [2.24, 2.45) is 0 Å². The molecular formula is C6H11NO4. The van der Waals surface area contributed by atoms with Gasteiger partial charge in [0.1, 0.15) is 0 Å². The zero-order chi connectivity index (χ0) is 8.10. The highest BCUT2D eigenvalue weighted by Gasteiger charge is 2.20. The van der Waals surface area contributed by atoms with E-state index in [2.05, 4.69) is 4.84 Å². The fourth-order valence-corrected chi connectivity index (χ4v) is 0.959. The second-order valence-electron chi connectivity index (χ2n) is 2.26. The normalized spacial score (nSPS) is 26.5. The fourth-order valence-electron chi connectivity index (χ4n) is 0.959. The summed E-state index contributed by atoms with van der Waals surface area (Å²) in [7, 11) is 0. The molecule has 1 N–H and O–H groups in total. The van der Waals surface area contributed by atoms with Gasteiger partial charge in [-0.25, -0.2) is 0 Å². The average molecular weight is 161 g/mol. The first-order chi connectivity index (χ1) is 5.36. The van der Waals surface area contributed by atoms with Crippen LogP contribution in [0.5, 0.6) is 0 Å². The Morgan fingerprint density at radius 1 is 1.82 bits per heavy atom. The van der Waals surface area contributed by atoms with Crippen LogP contribution in [0.2, 0.25) is 0 Å². The molecule has 5 heteroatoms. The molecule has 11 heavy (non-hydrogen) atoms. The maximum Gasteiger partial charge on any atom is 0.312 e. The quantitative estimate of drug-likeness (QED) is 0.525. The van der Waals surface area contributed by atoms with E-state index < -0.39 is 0 Å². The summed E-state index contributed by atoms with van der Waals surface area (Å²) in [6.45, 7) is 1.82. The van der Waals surface area contributed by atoms with Crippen molar-refractivity contribution in [3.63, 3.8) is 0 Å². The SMILES string of the molecule is O=CON1CCOC(CO)C1. The standard InChI is InChI=1S/C6H11NO4/c8-4-6-3-7(11-5-9)1-2-10-6/h5-6,8H,1-4H2. The molecule has 0 spiro atoms. The Kier molecular flexibility index (Phi) is 3.28. The van der Waals surface area contributed by atoms with Gasteiger partial charge in [-0.1, -0.05) is 0 Å². The molecule has 5 nitrogen and oxygen atoms in total. The van der Waals surface area contributed by atoms with Crippen molar-refractivity contribution in [1.29, 1.82) is 0 Å². The minimum Gasteiger partial charge on any atom is -0.394 e. The van der Waals surface area contributed by atoms with Gasteiger partial charge >= 0.3 is 6.47 Å². The molecule has 0 saturated carbocycles. The molecule has 0 aromatic rings. The summed E-state index contributed by atoms with van der Waals surface area (Å²) in [5.74, 6) is 0. The topological polar surface area (TPSA) is 59.0 Å². The van der Waals surface area contributed by atoms with Crippen molar-refractivity contribution in [2.45, 2.75) is 6.10 Å². The summed E-state index contributed by atoms with van der Waals surface area (Å²) in [5.41, 5.74) is 0. The summed E-state index contributed by atoms with van der Waals surface area (Å²) < 4.78 is 5.12. The second-order valence-corrected chi connectivity index (χ2v) is 2.26. The van der Waals surface area contributed by atoms with Crippen molar-refractivity contribution in [1.82, 2.24) is 5.06 Å². The number of nitrogens with zero attached hydrogens (tertiary/aromatic N) is 1. The lowest BCUT2D eigenvalue weighted by Crippen LogP contribution is -2.43. The van der Waals surface area contributed by atoms with Crippen molar-refractivity contribution in [2.75, 3.05) is 26.3 Å². The van der Waals surface area contributed by atoms with Gasteiger partial charge < -0.3 is 14.7 Å². The lowest BCUT2D eigenvalue weighted by Gasteiger charge is -2.28. The first-order valence-corrected chi connectivity index (χ1v) is 3.44. The summed E-state index contributed by atoms with van der Waals surface area (Å²) in [6.07, 6.45) is -0.233. The van der Waals surface area contributed by atoms with Gasteiger partial charge in [0.25, 0.3) is 0 Å². The van der Waals surface area contributed by atoms with Crippen molar-refractivity contribution >= 4 is 6.47 Å². The highest BCUT2D eigenvalue weighted by atomic mass is 16.7. The highest BCUT2D eigenvalue weighted by Crippen LogP contribution is 2.03. The maximum absolute atomic E-state index is 9.90. The Balaban J connectivity index is 2.27. The molecule has 1 heterocycles. The van der Waals surface area contributed by atoms with Crippen molar-refractivity contribution in [3.05, 3.63) is 0 Å². The van der Waals surface area contributed by atoms with Crippen LogP contribution in [0.3, 0.4) is 0 Å². The van der Waals surface area contributed by atoms with Crippen molar-refractivity contribution in [3.8, 4) is 0 Å². The Morgan fingerprint density at radius 2 is 2.64 bits per heavy atom. The Hall–Kier alpha value is -0.650. The molecule has 0 aliphatic carbocycles. The third-order valence-electron chi connectivity index (χ3n) is 1.50. The van der Waals surface area contributed by atoms with E-state index in [4.69, 9.17) is 9.84 Å². The zero-order valence-corrected chi connectivity index (χ0v) is 6.10. The van der Waals surface area contributed by atoms with Crippen molar-refractivity contribution < 1.29 is 19.5 Å². The van der Waals surface area contributed by atoms with E-state index in [0.29, 0.717) is 26.2 Å². The molecule has 0 bridgehead atoms. The summed E-state index contributed by atoms with van der Waals surface area (Å²) in [6, 6.07) is 0. The highest BCUT2D eigenvalue weighted by molar-refractivity contribution is 5.36. The number of hydrogen-bond donors (Lipinski definition) is 1. The Labute approximate surface area is 64.5 Å². The van der Waals surface area contributed by atoms with Crippen LogP contribution in [0.15, 0.2) is 0 Å². The number of aliphatic hydroxyl groups excluding tert-OH is 1. The molecule has 1 atom stereocenters. The van der Waals surface area contributed by atoms with E-state index >= 15 is 0 Å². The van der Waals surface area contributed by atoms with Gasteiger partial charge in [0, 0.05) is 0 Å². The van der Waals surface area contributed by atoms with E-state index in [1.54, 1.807) is 0 Å². The summed E-state index contributed by atoms with van der Waals surface area (Å²) in [5, 5.41) is 10.2. The Bertz CT molecular complexity index is 130. The van der Waals surface area contributed by atoms with Crippen LogP contribution in [-0.4, -0.2) is 49.0 Å². The van der Waals surface area contributed by atoms with E-state index in [0.717, 1.165) is 0 Å².